The molecule has 0 spiro atoms. The average Bonchev–Trinajstić information content (AvgIpc) is 3.09. The summed E-state index contributed by atoms with van der Waals surface area (Å²) in [7, 11) is -3.11. The zero-order valence-electron chi connectivity index (χ0n) is 11.8. The van der Waals surface area contributed by atoms with Crippen LogP contribution in [0.3, 0.4) is 0 Å². The van der Waals surface area contributed by atoms with Gasteiger partial charge in [0, 0.05) is 6.07 Å². The standard InChI is InChI=1S/C15H19NO3S2/c17-21(18,10-12-5-2-1-3-6-12)11-13-9-14(19-16-13)15-7-4-8-20-15/h4,7-9,12H,1-3,5-6,10-11H2. The molecule has 0 aliphatic heterocycles. The molecule has 3 rings (SSSR count). The first-order chi connectivity index (χ1) is 10.1. The first-order valence-electron chi connectivity index (χ1n) is 7.32. The van der Waals surface area contributed by atoms with Gasteiger partial charge in [0.2, 0.25) is 0 Å². The summed E-state index contributed by atoms with van der Waals surface area (Å²) in [6, 6.07) is 5.61. The van der Waals surface area contributed by atoms with Gasteiger partial charge in [0.05, 0.1) is 22.1 Å². The van der Waals surface area contributed by atoms with Crippen molar-refractivity contribution in [3.63, 3.8) is 0 Å². The SMILES string of the molecule is O=S(=O)(Cc1cc(-c2cccs2)on1)CC1CCCCC1. The van der Waals surface area contributed by atoms with Crippen LogP contribution in [0.4, 0.5) is 0 Å². The molecule has 0 saturated heterocycles. The average molecular weight is 325 g/mol. The summed E-state index contributed by atoms with van der Waals surface area (Å²) in [6.45, 7) is 0. The maximum absolute atomic E-state index is 12.3. The topological polar surface area (TPSA) is 60.2 Å². The van der Waals surface area contributed by atoms with E-state index in [4.69, 9.17) is 4.52 Å². The molecule has 2 heterocycles. The van der Waals surface area contributed by atoms with Crippen LogP contribution in [0.25, 0.3) is 10.6 Å². The first kappa shape index (κ1) is 14.8. The van der Waals surface area contributed by atoms with Gasteiger partial charge in [-0.2, -0.15) is 0 Å². The molecule has 0 atom stereocenters. The molecule has 0 radical (unpaired) electrons. The van der Waals surface area contributed by atoms with Crippen LogP contribution in [0.2, 0.25) is 0 Å². The molecule has 21 heavy (non-hydrogen) atoms. The monoisotopic (exact) mass is 325 g/mol. The molecule has 2 aromatic rings. The smallest absolute Gasteiger partial charge is 0.177 e. The Morgan fingerprint density at radius 1 is 1.29 bits per heavy atom. The molecule has 0 unspecified atom stereocenters. The highest BCUT2D eigenvalue weighted by atomic mass is 32.2. The van der Waals surface area contributed by atoms with Crippen molar-refractivity contribution in [3.05, 3.63) is 29.3 Å². The van der Waals surface area contributed by atoms with E-state index in [1.807, 2.05) is 17.5 Å². The fraction of sp³-hybridized carbons (Fsp3) is 0.533. The van der Waals surface area contributed by atoms with E-state index in [0.717, 1.165) is 30.6 Å². The number of rotatable bonds is 5. The molecule has 1 aliphatic carbocycles. The molecular formula is C15H19NO3S2. The van der Waals surface area contributed by atoms with Gasteiger partial charge in [0.15, 0.2) is 15.6 Å². The van der Waals surface area contributed by atoms with Crippen LogP contribution in [0.15, 0.2) is 28.1 Å². The Labute approximate surface area is 129 Å². The van der Waals surface area contributed by atoms with Crippen molar-refractivity contribution >= 4 is 21.2 Å². The molecule has 0 N–H and O–H groups in total. The van der Waals surface area contributed by atoms with Gasteiger partial charge < -0.3 is 4.52 Å². The van der Waals surface area contributed by atoms with E-state index < -0.39 is 9.84 Å². The Hall–Kier alpha value is -1.14. The predicted molar refractivity (Wildman–Crippen MR) is 83.9 cm³/mol. The van der Waals surface area contributed by atoms with Crippen molar-refractivity contribution in [1.29, 1.82) is 0 Å². The van der Waals surface area contributed by atoms with Crippen LogP contribution >= 0.6 is 11.3 Å². The van der Waals surface area contributed by atoms with Gasteiger partial charge in [-0.1, -0.05) is 30.5 Å². The summed E-state index contributed by atoms with van der Waals surface area (Å²) in [5.74, 6) is 1.24. The second kappa shape index (κ2) is 6.32. The lowest BCUT2D eigenvalue weighted by molar-refractivity contribution is 0.384. The van der Waals surface area contributed by atoms with Crippen LogP contribution in [-0.2, 0) is 15.6 Å². The van der Waals surface area contributed by atoms with Gasteiger partial charge >= 0.3 is 0 Å². The third-order valence-electron chi connectivity index (χ3n) is 3.91. The highest BCUT2D eigenvalue weighted by Gasteiger charge is 2.23. The Morgan fingerprint density at radius 3 is 2.81 bits per heavy atom. The number of sulfone groups is 1. The Balaban J connectivity index is 1.65. The van der Waals surface area contributed by atoms with Crippen LogP contribution in [-0.4, -0.2) is 19.3 Å². The summed E-state index contributed by atoms with van der Waals surface area (Å²) in [5, 5.41) is 5.86. The normalized spacial score (nSPS) is 17.1. The molecule has 6 heteroatoms. The van der Waals surface area contributed by atoms with Crippen molar-refractivity contribution in [2.75, 3.05) is 5.75 Å². The summed E-state index contributed by atoms with van der Waals surface area (Å²) >= 11 is 1.55. The van der Waals surface area contributed by atoms with Crippen molar-refractivity contribution < 1.29 is 12.9 Å². The van der Waals surface area contributed by atoms with Crippen molar-refractivity contribution in [2.45, 2.75) is 37.9 Å². The van der Waals surface area contributed by atoms with E-state index in [1.165, 1.54) is 6.42 Å². The van der Waals surface area contributed by atoms with E-state index >= 15 is 0 Å². The lowest BCUT2D eigenvalue weighted by Gasteiger charge is -2.20. The van der Waals surface area contributed by atoms with Gasteiger partial charge in [-0.05, 0) is 30.2 Å². The summed E-state index contributed by atoms with van der Waals surface area (Å²) in [6.07, 6.45) is 5.64. The number of nitrogens with zero attached hydrogens (tertiary/aromatic N) is 1. The molecule has 0 aromatic carbocycles. The van der Waals surface area contributed by atoms with E-state index in [2.05, 4.69) is 5.16 Å². The molecule has 1 aliphatic rings. The lowest BCUT2D eigenvalue weighted by atomic mass is 9.91. The fourth-order valence-electron chi connectivity index (χ4n) is 2.91. The second-order valence-electron chi connectivity index (χ2n) is 5.72. The van der Waals surface area contributed by atoms with E-state index in [-0.39, 0.29) is 11.5 Å². The molecule has 0 bridgehead atoms. The maximum Gasteiger partial charge on any atom is 0.177 e. The predicted octanol–water partition coefficient (Wildman–Crippen LogP) is 3.90. The van der Waals surface area contributed by atoms with Gasteiger partial charge in [-0.15, -0.1) is 11.3 Å². The van der Waals surface area contributed by atoms with Crippen LogP contribution in [0.5, 0.6) is 0 Å². The highest BCUT2D eigenvalue weighted by Crippen LogP contribution is 2.28. The Morgan fingerprint density at radius 2 is 2.10 bits per heavy atom. The van der Waals surface area contributed by atoms with Crippen molar-refractivity contribution in [1.82, 2.24) is 5.16 Å². The van der Waals surface area contributed by atoms with Crippen LogP contribution in [0, 0.1) is 5.92 Å². The van der Waals surface area contributed by atoms with Gasteiger partial charge in [0.1, 0.15) is 0 Å². The van der Waals surface area contributed by atoms with E-state index in [0.29, 0.717) is 17.4 Å². The zero-order valence-corrected chi connectivity index (χ0v) is 13.5. The molecule has 4 nitrogen and oxygen atoms in total. The first-order valence-corrected chi connectivity index (χ1v) is 10.0. The number of hydrogen-bond donors (Lipinski definition) is 0. The maximum atomic E-state index is 12.3. The van der Waals surface area contributed by atoms with Crippen LogP contribution < -0.4 is 0 Å². The fourth-order valence-corrected chi connectivity index (χ4v) is 5.34. The molecular weight excluding hydrogens is 306 g/mol. The number of thiophene rings is 1. The summed E-state index contributed by atoms with van der Waals surface area (Å²) < 4.78 is 29.8. The molecule has 2 aromatic heterocycles. The Kier molecular flexibility index (Phi) is 4.45. The third kappa shape index (κ3) is 3.95. The van der Waals surface area contributed by atoms with Gasteiger partial charge in [-0.3, -0.25) is 0 Å². The van der Waals surface area contributed by atoms with Crippen LogP contribution in [0.1, 0.15) is 37.8 Å². The third-order valence-corrected chi connectivity index (χ3v) is 6.50. The molecule has 0 amide bonds. The minimum atomic E-state index is -3.11. The minimum absolute atomic E-state index is 0.0155. The minimum Gasteiger partial charge on any atom is -0.355 e. The summed E-state index contributed by atoms with van der Waals surface area (Å²) in [4.78, 5) is 0.971. The summed E-state index contributed by atoms with van der Waals surface area (Å²) in [5.41, 5.74) is 0.509. The second-order valence-corrected chi connectivity index (χ2v) is 8.78. The van der Waals surface area contributed by atoms with Crippen molar-refractivity contribution in [2.24, 2.45) is 5.92 Å². The molecule has 114 valence electrons. The number of aromatic nitrogens is 1. The molecule has 1 fully saturated rings. The largest absolute Gasteiger partial charge is 0.355 e. The van der Waals surface area contributed by atoms with E-state index in [1.54, 1.807) is 17.4 Å². The van der Waals surface area contributed by atoms with Crippen molar-refractivity contribution in [3.8, 4) is 10.6 Å². The molecule has 1 saturated carbocycles. The quantitative estimate of drug-likeness (QED) is 0.836. The van der Waals surface area contributed by atoms with Gasteiger partial charge in [0.25, 0.3) is 0 Å². The van der Waals surface area contributed by atoms with Gasteiger partial charge in [-0.25, -0.2) is 8.42 Å². The Bertz CT molecular complexity index is 668. The number of hydrogen-bond acceptors (Lipinski definition) is 5. The van der Waals surface area contributed by atoms with E-state index in [9.17, 15) is 8.42 Å². The highest BCUT2D eigenvalue weighted by molar-refractivity contribution is 7.90. The zero-order chi connectivity index (χ0) is 14.7. The lowest BCUT2D eigenvalue weighted by Crippen LogP contribution is -2.20.